The van der Waals surface area contributed by atoms with Crippen LogP contribution in [0.5, 0.6) is 0 Å². The van der Waals surface area contributed by atoms with Gasteiger partial charge in [0.15, 0.2) is 10.8 Å². The molecule has 34 heavy (non-hydrogen) atoms. The molecule has 0 aliphatic rings. The third-order valence-electron chi connectivity index (χ3n) is 5.52. The summed E-state index contributed by atoms with van der Waals surface area (Å²) in [5, 5.41) is 0. The molecule has 0 rings (SSSR count). The van der Waals surface area contributed by atoms with Gasteiger partial charge in [-0.05, 0) is 54.4 Å². The number of nitrogens with two attached hydrogens (primary N) is 1. The molecule has 2 atom stereocenters. The Labute approximate surface area is 213 Å². The zero-order chi connectivity index (χ0) is 26.3. The Morgan fingerprint density at radius 3 is 0.971 bits per heavy atom. The topological polar surface area (TPSA) is 99.9 Å². The Morgan fingerprint density at radius 1 is 0.500 bits per heavy atom. The summed E-state index contributed by atoms with van der Waals surface area (Å²) in [5.74, 6) is -3.08. The number of hydrogen-bond donors (Lipinski definition) is 1. The van der Waals surface area contributed by atoms with Gasteiger partial charge in [0, 0.05) is 52.9 Å². The smallest absolute Gasteiger partial charge is 0.239 e. The van der Waals surface area contributed by atoms with Gasteiger partial charge in [-0.25, -0.2) is 0 Å². The van der Waals surface area contributed by atoms with E-state index in [-0.39, 0.29) is 0 Å². The first kappa shape index (κ1) is 34.1. The normalized spacial score (nSPS) is 17.6. The van der Waals surface area contributed by atoms with E-state index in [0.29, 0.717) is 73.3 Å². The molecule has 0 bridgehead atoms. The summed E-state index contributed by atoms with van der Waals surface area (Å²) in [7, 11) is 0.808. The van der Waals surface area contributed by atoms with E-state index in [1.807, 2.05) is 55.4 Å². The molecule has 206 valence electrons. The highest BCUT2D eigenvalue weighted by molar-refractivity contribution is 6.15. The lowest BCUT2D eigenvalue weighted by Gasteiger charge is -2.57. The van der Waals surface area contributed by atoms with E-state index in [2.05, 4.69) is 0 Å². The van der Waals surface area contributed by atoms with Crippen LogP contribution in [-0.4, -0.2) is 102 Å². The molecule has 0 aromatic heterocycles. The van der Waals surface area contributed by atoms with Gasteiger partial charge in [0.25, 0.3) is 0 Å². The van der Waals surface area contributed by atoms with E-state index in [1.165, 1.54) is 0 Å². The Bertz CT molecular complexity index is 477. The molecule has 0 aromatic rings. The van der Waals surface area contributed by atoms with Gasteiger partial charge in [-0.15, -0.1) is 0 Å². The lowest BCUT2D eigenvalue weighted by molar-refractivity contribution is -0.442. The summed E-state index contributed by atoms with van der Waals surface area (Å²) in [4.78, 5) is 0. The summed E-state index contributed by atoms with van der Waals surface area (Å²) in [5.41, 5.74) is 4.71. The third-order valence-corrected chi connectivity index (χ3v) is 8.07. The largest absolute Gasteiger partial charge is 0.350 e. The monoisotopic (exact) mass is 527 g/mol. The molecule has 0 aromatic carbocycles. The van der Waals surface area contributed by atoms with Crippen molar-refractivity contribution >= 4 is 20.5 Å². The second kappa shape index (κ2) is 16.7. The van der Waals surface area contributed by atoms with Crippen molar-refractivity contribution in [3.63, 3.8) is 0 Å². The molecule has 9 nitrogen and oxygen atoms in total. The van der Waals surface area contributed by atoms with Crippen LogP contribution in [0.3, 0.4) is 0 Å². The van der Waals surface area contributed by atoms with Crippen LogP contribution in [0, 0.1) is 0 Å². The molecular weight excluding hydrogens is 474 g/mol. The van der Waals surface area contributed by atoms with Crippen molar-refractivity contribution in [2.45, 2.75) is 96.7 Å². The van der Waals surface area contributed by atoms with Crippen LogP contribution < -0.4 is 5.73 Å². The minimum Gasteiger partial charge on any atom is -0.350 e. The maximum Gasteiger partial charge on any atom is 0.239 e. The molecule has 0 saturated carbocycles. The van der Waals surface area contributed by atoms with Gasteiger partial charge >= 0.3 is 0 Å². The highest BCUT2D eigenvalue weighted by atomic mass is 28.2. The summed E-state index contributed by atoms with van der Waals surface area (Å²) < 4.78 is 50.8. The van der Waals surface area contributed by atoms with E-state index in [4.69, 9.17) is 43.6 Å². The molecule has 0 radical (unpaired) electrons. The molecule has 0 spiro atoms. The standard InChI is InChI=1S/C23H53NO8Si2/c1-9-17-31-22(33,29-15-7)20(25-11-3,26-12-4)19(24)21(27-13-5,28-14-6)23(34,30-16-8)32-18-10-2/h19H,9-18,24H2,1-8,33-34H3. The maximum atomic E-state index is 7.18. The van der Waals surface area contributed by atoms with Crippen LogP contribution in [0.4, 0.5) is 0 Å². The van der Waals surface area contributed by atoms with Crippen molar-refractivity contribution in [3.8, 4) is 0 Å². The van der Waals surface area contributed by atoms with Crippen molar-refractivity contribution in [2.75, 3.05) is 52.9 Å². The average Bonchev–Trinajstić information content (AvgIpc) is 2.80. The van der Waals surface area contributed by atoms with Crippen LogP contribution in [0.15, 0.2) is 0 Å². The summed E-state index contributed by atoms with van der Waals surface area (Å²) >= 11 is 0. The summed E-state index contributed by atoms with van der Waals surface area (Å²) in [6.45, 7) is 18.4. The molecule has 11 heteroatoms. The SMILES string of the molecule is CCCOC([SiH3])(OCC)C(OCC)(OCC)C(N)C(OCC)(OCC)C([SiH3])(OCC)OCCC. The van der Waals surface area contributed by atoms with Crippen molar-refractivity contribution in [1.29, 1.82) is 0 Å². The van der Waals surface area contributed by atoms with Crippen molar-refractivity contribution in [1.82, 2.24) is 0 Å². The Balaban J connectivity index is 7.22. The molecule has 2 N–H and O–H groups in total. The number of ether oxygens (including phenoxy) is 8. The van der Waals surface area contributed by atoms with Crippen molar-refractivity contribution in [3.05, 3.63) is 0 Å². The van der Waals surface area contributed by atoms with Crippen molar-refractivity contribution < 1.29 is 37.9 Å². The molecule has 0 aliphatic heterocycles. The second-order valence-corrected chi connectivity index (χ2v) is 10.6. The first-order chi connectivity index (χ1) is 16.1. The van der Waals surface area contributed by atoms with Gasteiger partial charge in [0.2, 0.25) is 11.6 Å². The molecule has 0 amide bonds. The quantitative estimate of drug-likeness (QED) is 0.162. The Hall–Kier alpha value is 0.0738. The minimum atomic E-state index is -1.54. The molecule has 0 saturated heterocycles. The number of rotatable bonds is 22. The van der Waals surface area contributed by atoms with Crippen LogP contribution in [0.1, 0.15) is 68.2 Å². The van der Waals surface area contributed by atoms with E-state index in [0.717, 1.165) is 12.8 Å². The number of hydrogen-bond acceptors (Lipinski definition) is 9. The Morgan fingerprint density at radius 2 is 0.765 bits per heavy atom. The highest BCUT2D eigenvalue weighted by Gasteiger charge is 2.69. The molecule has 0 fully saturated rings. The van der Waals surface area contributed by atoms with Gasteiger partial charge in [0.05, 0.1) is 20.5 Å². The van der Waals surface area contributed by atoms with Crippen molar-refractivity contribution in [2.24, 2.45) is 5.73 Å². The van der Waals surface area contributed by atoms with Gasteiger partial charge in [-0.1, -0.05) is 13.8 Å². The first-order valence-corrected chi connectivity index (χ1v) is 15.0. The highest BCUT2D eigenvalue weighted by Crippen LogP contribution is 2.44. The minimum absolute atomic E-state index is 0.313. The third kappa shape index (κ3) is 7.54. The van der Waals surface area contributed by atoms with E-state index in [1.54, 1.807) is 0 Å². The fourth-order valence-corrected chi connectivity index (χ4v) is 6.45. The predicted octanol–water partition coefficient (Wildman–Crippen LogP) is 0.817. The molecule has 0 heterocycles. The van der Waals surface area contributed by atoms with E-state index in [9.17, 15) is 0 Å². The average molecular weight is 528 g/mol. The zero-order valence-electron chi connectivity index (χ0n) is 23.5. The van der Waals surface area contributed by atoms with E-state index >= 15 is 0 Å². The molecule has 2 unspecified atom stereocenters. The summed E-state index contributed by atoms with van der Waals surface area (Å²) in [6.07, 6.45) is 1.60. The molecule has 0 aliphatic carbocycles. The molecular formula is C23H53NO8Si2. The van der Waals surface area contributed by atoms with Gasteiger partial charge in [0.1, 0.15) is 6.04 Å². The predicted molar refractivity (Wildman–Crippen MR) is 141 cm³/mol. The Kier molecular flexibility index (Phi) is 16.8. The van der Waals surface area contributed by atoms with Gasteiger partial charge in [-0.3, -0.25) is 0 Å². The lowest BCUT2D eigenvalue weighted by Crippen LogP contribution is -2.81. The van der Waals surface area contributed by atoms with Crippen LogP contribution in [0.25, 0.3) is 0 Å². The lowest BCUT2D eigenvalue weighted by atomic mass is 9.94. The van der Waals surface area contributed by atoms with Crippen LogP contribution >= 0.6 is 0 Å². The van der Waals surface area contributed by atoms with E-state index < -0.39 is 28.4 Å². The maximum absolute atomic E-state index is 7.18. The first-order valence-electron chi connectivity index (χ1n) is 13.0. The zero-order valence-corrected chi connectivity index (χ0v) is 27.5. The summed E-state index contributed by atoms with van der Waals surface area (Å²) in [6, 6.07) is -1.04. The van der Waals surface area contributed by atoms with Gasteiger partial charge < -0.3 is 43.6 Å². The van der Waals surface area contributed by atoms with Crippen LogP contribution in [-0.2, 0) is 37.9 Å². The van der Waals surface area contributed by atoms with Gasteiger partial charge in [-0.2, -0.15) is 0 Å². The fraction of sp³-hybridized carbons (Fsp3) is 1.00. The van der Waals surface area contributed by atoms with Crippen LogP contribution in [0.2, 0.25) is 0 Å². The second-order valence-electron chi connectivity index (χ2n) is 8.00. The fourth-order valence-electron chi connectivity index (χ4n) is 4.27.